The van der Waals surface area contributed by atoms with Crippen LogP contribution in [0.15, 0.2) is 58.2 Å². The van der Waals surface area contributed by atoms with E-state index in [1.807, 2.05) is 36.4 Å². The maximum atomic E-state index is 12.2. The van der Waals surface area contributed by atoms with Crippen molar-refractivity contribution >= 4 is 23.4 Å². The van der Waals surface area contributed by atoms with Crippen molar-refractivity contribution in [1.29, 1.82) is 0 Å². The van der Waals surface area contributed by atoms with E-state index in [-0.39, 0.29) is 11.7 Å². The average molecular weight is 398 g/mol. The number of rotatable bonds is 9. The molecule has 0 spiro atoms. The Morgan fingerprint density at radius 1 is 1.11 bits per heavy atom. The zero-order chi connectivity index (χ0) is 19.8. The summed E-state index contributed by atoms with van der Waals surface area (Å²) in [5.41, 5.74) is 2.87. The highest BCUT2D eigenvalue weighted by Gasteiger charge is 2.11. The second-order valence-corrected chi connectivity index (χ2v) is 7.17. The molecule has 0 aliphatic heterocycles. The van der Waals surface area contributed by atoms with Crippen LogP contribution in [0.25, 0.3) is 11.5 Å². The molecule has 0 atom stereocenters. The fourth-order valence-corrected chi connectivity index (χ4v) is 3.14. The number of carbonyl (C=O) groups is 1. The average Bonchev–Trinajstić information content (AvgIpc) is 3.21. The number of carbonyl (C=O) groups excluding carboxylic acids is 1. The first-order valence-corrected chi connectivity index (χ1v) is 10.2. The van der Waals surface area contributed by atoms with E-state index in [1.54, 1.807) is 7.11 Å². The van der Waals surface area contributed by atoms with E-state index in [4.69, 9.17) is 9.15 Å². The van der Waals surface area contributed by atoms with Gasteiger partial charge in [0.2, 0.25) is 11.8 Å². The molecule has 146 valence electrons. The van der Waals surface area contributed by atoms with Gasteiger partial charge in [0.25, 0.3) is 5.22 Å². The van der Waals surface area contributed by atoms with Crippen LogP contribution in [0.4, 0.5) is 5.69 Å². The molecule has 0 bridgehead atoms. The normalized spacial score (nSPS) is 10.6. The monoisotopic (exact) mass is 397 g/mol. The van der Waals surface area contributed by atoms with Crippen LogP contribution in [0, 0.1) is 0 Å². The second kappa shape index (κ2) is 9.94. The summed E-state index contributed by atoms with van der Waals surface area (Å²) in [5, 5.41) is 11.3. The minimum Gasteiger partial charge on any atom is -0.497 e. The maximum Gasteiger partial charge on any atom is 0.277 e. The van der Waals surface area contributed by atoms with Gasteiger partial charge in [0.05, 0.1) is 12.9 Å². The molecule has 1 aromatic heterocycles. The van der Waals surface area contributed by atoms with E-state index >= 15 is 0 Å². The third-order valence-corrected chi connectivity index (χ3v) is 4.95. The van der Waals surface area contributed by atoms with E-state index in [1.165, 1.54) is 30.2 Å². The molecule has 7 heteroatoms. The van der Waals surface area contributed by atoms with Crippen LogP contribution in [0.5, 0.6) is 5.75 Å². The van der Waals surface area contributed by atoms with Gasteiger partial charge in [0.1, 0.15) is 5.75 Å². The Kier molecular flexibility index (Phi) is 7.08. The number of hydrogen-bond donors (Lipinski definition) is 1. The predicted molar refractivity (Wildman–Crippen MR) is 111 cm³/mol. The topological polar surface area (TPSA) is 77.2 Å². The Hall–Kier alpha value is -2.80. The lowest BCUT2D eigenvalue weighted by Gasteiger charge is -2.05. The van der Waals surface area contributed by atoms with Gasteiger partial charge in [-0.15, -0.1) is 10.2 Å². The number of methoxy groups -OCH3 is 1. The highest BCUT2D eigenvalue weighted by atomic mass is 32.2. The van der Waals surface area contributed by atoms with E-state index in [0.717, 1.165) is 23.4 Å². The van der Waals surface area contributed by atoms with Gasteiger partial charge in [-0.3, -0.25) is 4.79 Å². The lowest BCUT2D eigenvalue weighted by molar-refractivity contribution is -0.113. The number of benzene rings is 2. The second-order valence-electron chi connectivity index (χ2n) is 6.24. The van der Waals surface area contributed by atoms with Crippen molar-refractivity contribution in [3.8, 4) is 17.2 Å². The van der Waals surface area contributed by atoms with Crippen LogP contribution in [-0.4, -0.2) is 29.0 Å². The Balaban J connectivity index is 1.50. The number of thioether (sulfide) groups is 1. The van der Waals surface area contributed by atoms with Crippen molar-refractivity contribution in [1.82, 2.24) is 10.2 Å². The number of ether oxygens (including phenoxy) is 1. The first-order chi connectivity index (χ1) is 13.7. The summed E-state index contributed by atoms with van der Waals surface area (Å²) in [4.78, 5) is 12.2. The van der Waals surface area contributed by atoms with Gasteiger partial charge in [-0.05, 0) is 54.8 Å². The number of hydrogen-bond acceptors (Lipinski definition) is 6. The number of unbranched alkanes of at least 4 members (excludes halogenated alkanes) is 1. The molecule has 0 aliphatic carbocycles. The summed E-state index contributed by atoms with van der Waals surface area (Å²) in [7, 11) is 1.61. The van der Waals surface area contributed by atoms with Crippen LogP contribution in [-0.2, 0) is 11.2 Å². The van der Waals surface area contributed by atoms with Crippen molar-refractivity contribution in [2.24, 2.45) is 0 Å². The van der Waals surface area contributed by atoms with E-state index in [0.29, 0.717) is 11.1 Å². The molecular weight excluding hydrogens is 374 g/mol. The third-order valence-electron chi connectivity index (χ3n) is 4.13. The Morgan fingerprint density at radius 2 is 1.86 bits per heavy atom. The summed E-state index contributed by atoms with van der Waals surface area (Å²) in [6, 6.07) is 15.3. The molecule has 0 aliphatic rings. The van der Waals surface area contributed by atoms with Crippen molar-refractivity contribution in [2.75, 3.05) is 18.2 Å². The molecule has 6 nitrogen and oxygen atoms in total. The molecule has 1 heterocycles. The first-order valence-electron chi connectivity index (χ1n) is 9.17. The van der Waals surface area contributed by atoms with Gasteiger partial charge in [-0.25, -0.2) is 0 Å². The smallest absolute Gasteiger partial charge is 0.277 e. The van der Waals surface area contributed by atoms with Gasteiger partial charge < -0.3 is 14.5 Å². The third kappa shape index (κ3) is 5.60. The molecule has 1 amide bonds. The largest absolute Gasteiger partial charge is 0.497 e. The van der Waals surface area contributed by atoms with Crippen molar-refractivity contribution in [3.05, 3.63) is 54.1 Å². The molecule has 3 aromatic rings. The van der Waals surface area contributed by atoms with Crippen LogP contribution >= 0.6 is 11.8 Å². The van der Waals surface area contributed by atoms with Crippen LogP contribution < -0.4 is 10.1 Å². The zero-order valence-electron chi connectivity index (χ0n) is 16.0. The van der Waals surface area contributed by atoms with Gasteiger partial charge in [0, 0.05) is 11.3 Å². The minimum absolute atomic E-state index is 0.115. The predicted octanol–water partition coefficient (Wildman–Crippen LogP) is 4.82. The van der Waals surface area contributed by atoms with Crippen molar-refractivity contribution in [3.63, 3.8) is 0 Å². The number of nitrogens with one attached hydrogen (secondary N) is 1. The minimum atomic E-state index is -0.115. The number of anilines is 1. The number of nitrogens with zero attached hydrogens (tertiary/aromatic N) is 2. The molecule has 2 aromatic carbocycles. The highest BCUT2D eigenvalue weighted by molar-refractivity contribution is 7.99. The molecule has 0 radical (unpaired) electrons. The lowest BCUT2D eigenvalue weighted by Crippen LogP contribution is -2.13. The molecule has 28 heavy (non-hydrogen) atoms. The number of aryl methyl sites for hydroxylation is 1. The standard InChI is InChI=1S/C21H23N3O3S/c1-3-4-5-15-6-10-17(11-7-15)22-19(25)14-28-21-24-23-20(27-21)16-8-12-18(26-2)13-9-16/h6-13H,3-5,14H2,1-2H3,(H,22,25). The van der Waals surface area contributed by atoms with Gasteiger partial charge >= 0.3 is 0 Å². The van der Waals surface area contributed by atoms with Crippen molar-refractivity contribution < 1.29 is 13.9 Å². The Morgan fingerprint density at radius 3 is 2.54 bits per heavy atom. The molecule has 3 rings (SSSR count). The molecule has 0 saturated carbocycles. The molecular formula is C21H23N3O3S. The lowest BCUT2D eigenvalue weighted by atomic mass is 10.1. The number of aromatic nitrogens is 2. The van der Waals surface area contributed by atoms with Crippen LogP contribution in [0.1, 0.15) is 25.3 Å². The number of amides is 1. The fraction of sp³-hybridized carbons (Fsp3) is 0.286. The van der Waals surface area contributed by atoms with E-state index < -0.39 is 0 Å². The van der Waals surface area contributed by atoms with Crippen LogP contribution in [0.2, 0.25) is 0 Å². The highest BCUT2D eigenvalue weighted by Crippen LogP contribution is 2.25. The maximum absolute atomic E-state index is 12.2. The summed E-state index contributed by atoms with van der Waals surface area (Å²) >= 11 is 1.21. The summed E-state index contributed by atoms with van der Waals surface area (Å²) in [6.07, 6.45) is 3.41. The van der Waals surface area contributed by atoms with Gasteiger partial charge in [0.15, 0.2) is 0 Å². The SMILES string of the molecule is CCCCc1ccc(NC(=O)CSc2nnc(-c3ccc(OC)cc3)o2)cc1. The molecule has 0 saturated heterocycles. The van der Waals surface area contributed by atoms with E-state index in [2.05, 4.69) is 34.6 Å². The van der Waals surface area contributed by atoms with E-state index in [9.17, 15) is 4.79 Å². The molecule has 0 unspecified atom stereocenters. The van der Waals surface area contributed by atoms with Gasteiger partial charge in [-0.2, -0.15) is 0 Å². The zero-order valence-corrected chi connectivity index (χ0v) is 16.8. The summed E-state index contributed by atoms with van der Waals surface area (Å²) in [6.45, 7) is 2.18. The first kappa shape index (κ1) is 19.9. The Bertz CT molecular complexity index is 892. The Labute approximate surface area is 168 Å². The van der Waals surface area contributed by atoms with Crippen LogP contribution in [0.3, 0.4) is 0 Å². The fourth-order valence-electron chi connectivity index (χ4n) is 2.58. The van der Waals surface area contributed by atoms with Gasteiger partial charge in [-0.1, -0.05) is 37.2 Å². The molecule has 0 fully saturated rings. The molecule has 1 N–H and O–H groups in total. The summed E-state index contributed by atoms with van der Waals surface area (Å²) < 4.78 is 10.7. The quantitative estimate of drug-likeness (QED) is 0.522. The van der Waals surface area contributed by atoms with Crippen molar-refractivity contribution in [2.45, 2.75) is 31.4 Å². The summed E-state index contributed by atoms with van der Waals surface area (Å²) in [5.74, 6) is 1.25.